The molecule has 5 rings (SSSR count). The van der Waals surface area contributed by atoms with E-state index in [4.69, 9.17) is 38.0 Å². The summed E-state index contributed by atoms with van der Waals surface area (Å²) in [5, 5.41) is 19.5. The Labute approximate surface area is 243 Å². The Kier molecular flexibility index (Phi) is 9.21. The molecule has 0 spiro atoms. The molecule has 1 amide bonds. The van der Waals surface area contributed by atoms with Crippen LogP contribution in [0.1, 0.15) is 24.8 Å². The average Bonchev–Trinajstić information content (AvgIpc) is 2.94. The maximum Gasteiger partial charge on any atom is 0.407 e. The van der Waals surface area contributed by atoms with E-state index in [-0.39, 0.29) is 6.61 Å². The fraction of sp³-hybridized carbons (Fsp3) is 0.429. The van der Waals surface area contributed by atoms with E-state index in [9.17, 15) is 9.90 Å². The van der Waals surface area contributed by atoms with Crippen LogP contribution in [0.4, 0.5) is 10.7 Å². The minimum atomic E-state index is -0.912. The molecular weight excluding hydrogens is 555 g/mol. The van der Waals surface area contributed by atoms with Crippen molar-refractivity contribution in [3.63, 3.8) is 0 Å². The number of rotatable bonds is 8. The van der Waals surface area contributed by atoms with Crippen molar-refractivity contribution in [3.05, 3.63) is 58.3 Å². The van der Waals surface area contributed by atoms with Crippen LogP contribution in [-0.4, -0.2) is 86.9 Å². The Morgan fingerprint density at radius 2 is 1.62 bits per heavy atom. The summed E-state index contributed by atoms with van der Waals surface area (Å²) in [5.74, 6) is 1.95. The van der Waals surface area contributed by atoms with Gasteiger partial charge < -0.3 is 24.7 Å². The number of benzene rings is 1. The first-order valence-corrected chi connectivity index (χ1v) is 14.2. The van der Waals surface area contributed by atoms with Crippen molar-refractivity contribution in [1.29, 1.82) is 0 Å². The number of piperidine rings is 1. The van der Waals surface area contributed by atoms with Gasteiger partial charge >= 0.3 is 6.09 Å². The van der Waals surface area contributed by atoms with Gasteiger partial charge in [-0.25, -0.2) is 19.7 Å². The third-order valence-electron chi connectivity index (χ3n) is 7.34. The number of hydrogen-bond acceptors (Lipinski definition) is 8. The lowest BCUT2D eigenvalue weighted by atomic mass is 9.93. The number of aliphatic hydroxyl groups is 1. The predicted octanol–water partition coefficient (Wildman–Crippen LogP) is 5.03. The number of carbonyl (C=O) groups is 1. The predicted molar refractivity (Wildman–Crippen MR) is 153 cm³/mol. The van der Waals surface area contributed by atoms with Crippen LogP contribution in [0, 0.1) is 5.92 Å². The van der Waals surface area contributed by atoms with Gasteiger partial charge in [0.1, 0.15) is 0 Å². The number of likely N-dealkylation sites (tertiary alicyclic amines) is 1. The van der Waals surface area contributed by atoms with E-state index in [2.05, 4.69) is 14.9 Å². The van der Waals surface area contributed by atoms with Crippen LogP contribution >= 0.6 is 23.2 Å². The molecule has 3 aromatic rings. The van der Waals surface area contributed by atoms with Gasteiger partial charge in [0.2, 0.25) is 11.8 Å². The van der Waals surface area contributed by atoms with Crippen molar-refractivity contribution >= 4 is 35.2 Å². The zero-order valence-electron chi connectivity index (χ0n) is 22.0. The molecule has 0 bridgehead atoms. The third kappa shape index (κ3) is 7.31. The number of carboxylic acid groups (broad SMARTS) is 1. The number of ether oxygens (including phenoxy) is 1. The highest BCUT2D eigenvalue weighted by Gasteiger charge is 2.22. The lowest BCUT2D eigenvalue weighted by molar-refractivity contribution is 0.142. The molecule has 1 aromatic carbocycles. The van der Waals surface area contributed by atoms with E-state index in [1.807, 2.05) is 29.2 Å². The first-order chi connectivity index (χ1) is 19.4. The van der Waals surface area contributed by atoms with Crippen LogP contribution in [-0.2, 0) is 6.54 Å². The lowest BCUT2D eigenvalue weighted by Crippen LogP contribution is -2.48. The molecule has 2 aromatic heterocycles. The SMILES string of the molecule is O=C(O)N1CCN(c2ncc(Oc3cc(CN4CCC(CCO)CC4)cc(-c4cc(Cl)cc(Cl)c4)n3)cn2)CC1. The second-order valence-corrected chi connectivity index (χ2v) is 11.0. The number of hydrogen-bond donors (Lipinski definition) is 2. The fourth-order valence-electron chi connectivity index (χ4n) is 5.17. The number of amides is 1. The maximum atomic E-state index is 11.2. The highest BCUT2D eigenvalue weighted by Crippen LogP contribution is 2.31. The first-order valence-electron chi connectivity index (χ1n) is 13.4. The quantitative estimate of drug-likeness (QED) is 0.374. The van der Waals surface area contributed by atoms with Crippen LogP contribution < -0.4 is 9.64 Å². The monoisotopic (exact) mass is 586 g/mol. The van der Waals surface area contributed by atoms with E-state index in [1.54, 1.807) is 18.5 Å². The number of pyridine rings is 1. The molecule has 4 heterocycles. The summed E-state index contributed by atoms with van der Waals surface area (Å²) in [6.07, 6.45) is 5.29. The Hall–Kier alpha value is -3.18. The average molecular weight is 588 g/mol. The van der Waals surface area contributed by atoms with Gasteiger partial charge in [-0.05, 0) is 68.1 Å². The molecule has 212 valence electrons. The van der Waals surface area contributed by atoms with Crippen LogP contribution in [0.25, 0.3) is 11.3 Å². The second-order valence-electron chi connectivity index (χ2n) is 10.2. The number of anilines is 1. The van der Waals surface area contributed by atoms with Crippen LogP contribution in [0.5, 0.6) is 11.6 Å². The zero-order valence-corrected chi connectivity index (χ0v) is 23.6. The van der Waals surface area contributed by atoms with Crippen molar-refractivity contribution in [1.82, 2.24) is 24.8 Å². The Morgan fingerprint density at radius 3 is 2.25 bits per heavy atom. The van der Waals surface area contributed by atoms with E-state index in [1.165, 1.54) is 4.90 Å². The molecule has 2 aliphatic rings. The normalized spacial score (nSPS) is 16.8. The third-order valence-corrected chi connectivity index (χ3v) is 7.78. The second kappa shape index (κ2) is 13.0. The van der Waals surface area contributed by atoms with Crippen LogP contribution in [0.15, 0.2) is 42.7 Å². The van der Waals surface area contributed by atoms with Crippen molar-refractivity contribution in [3.8, 4) is 22.9 Å². The van der Waals surface area contributed by atoms with Gasteiger partial charge in [0.05, 0.1) is 18.1 Å². The molecule has 0 radical (unpaired) electrons. The highest BCUT2D eigenvalue weighted by molar-refractivity contribution is 6.35. The summed E-state index contributed by atoms with van der Waals surface area (Å²) >= 11 is 12.6. The summed E-state index contributed by atoms with van der Waals surface area (Å²) < 4.78 is 6.12. The van der Waals surface area contributed by atoms with Gasteiger partial charge in [0.15, 0.2) is 5.75 Å². The number of aromatic nitrogens is 3. The maximum absolute atomic E-state index is 11.2. The van der Waals surface area contributed by atoms with Gasteiger partial charge in [-0.2, -0.15) is 0 Å². The highest BCUT2D eigenvalue weighted by atomic mass is 35.5. The van der Waals surface area contributed by atoms with Crippen LogP contribution in [0.2, 0.25) is 10.0 Å². The molecule has 0 saturated carbocycles. The molecule has 0 aliphatic carbocycles. The van der Waals surface area contributed by atoms with Crippen molar-refractivity contribution in [2.75, 3.05) is 50.8 Å². The van der Waals surface area contributed by atoms with Gasteiger partial charge in [0.25, 0.3) is 0 Å². The molecule has 40 heavy (non-hydrogen) atoms. The number of halogens is 2. The van der Waals surface area contributed by atoms with E-state index in [0.29, 0.717) is 65.4 Å². The summed E-state index contributed by atoms with van der Waals surface area (Å²) in [4.78, 5) is 30.5. The largest absolute Gasteiger partial charge is 0.465 e. The number of nitrogens with zero attached hydrogens (tertiary/aromatic N) is 6. The Bertz CT molecular complexity index is 1290. The molecule has 2 N–H and O–H groups in total. The van der Waals surface area contributed by atoms with Crippen molar-refractivity contribution < 1.29 is 19.7 Å². The molecule has 2 fully saturated rings. The number of aliphatic hydroxyl groups excluding tert-OH is 1. The van der Waals surface area contributed by atoms with E-state index in [0.717, 1.165) is 50.0 Å². The summed E-state index contributed by atoms with van der Waals surface area (Å²) in [7, 11) is 0. The molecule has 10 nitrogen and oxygen atoms in total. The number of piperazine rings is 1. The summed E-state index contributed by atoms with van der Waals surface area (Å²) in [6, 6.07) is 9.29. The van der Waals surface area contributed by atoms with Crippen LogP contribution in [0.3, 0.4) is 0 Å². The van der Waals surface area contributed by atoms with Gasteiger partial charge in [0, 0.05) is 61.0 Å². The standard InChI is InChI=1S/C28H32Cl2N6O4/c29-22-13-21(14-23(30)15-22)25-11-20(18-34-4-1-19(2-5-34)3-10-37)12-26(33-25)40-24-16-31-27(32-17-24)35-6-8-36(9-7-35)28(38)39/h11-17,19,37H,1-10,18H2,(H,38,39). The molecule has 2 aliphatic heterocycles. The van der Waals surface area contributed by atoms with Crippen molar-refractivity contribution in [2.45, 2.75) is 25.8 Å². The smallest absolute Gasteiger partial charge is 0.407 e. The Balaban J connectivity index is 1.33. The summed E-state index contributed by atoms with van der Waals surface area (Å²) in [6.45, 7) is 4.79. The first kappa shape index (κ1) is 28.4. The molecule has 0 atom stereocenters. The summed E-state index contributed by atoms with van der Waals surface area (Å²) in [5.41, 5.74) is 2.53. The molecule has 0 unspecified atom stereocenters. The topological polar surface area (TPSA) is 115 Å². The zero-order chi connectivity index (χ0) is 28.1. The molecule has 2 saturated heterocycles. The minimum absolute atomic E-state index is 0.243. The lowest BCUT2D eigenvalue weighted by Gasteiger charge is -2.32. The van der Waals surface area contributed by atoms with Gasteiger partial charge in [-0.15, -0.1) is 0 Å². The van der Waals surface area contributed by atoms with Crippen molar-refractivity contribution in [2.24, 2.45) is 5.92 Å². The van der Waals surface area contributed by atoms with E-state index >= 15 is 0 Å². The fourth-order valence-corrected chi connectivity index (χ4v) is 5.70. The molecular formula is C28H32Cl2N6O4. The van der Waals surface area contributed by atoms with Gasteiger partial charge in [-0.3, -0.25) is 4.90 Å². The molecule has 12 heteroatoms. The van der Waals surface area contributed by atoms with E-state index < -0.39 is 6.09 Å². The van der Waals surface area contributed by atoms with Gasteiger partial charge in [-0.1, -0.05) is 23.2 Å². The Morgan fingerprint density at radius 1 is 0.950 bits per heavy atom. The minimum Gasteiger partial charge on any atom is -0.465 e.